The highest BCUT2D eigenvalue weighted by Gasteiger charge is 2.20. The number of rotatable bonds is 4. The van der Waals surface area contributed by atoms with Gasteiger partial charge in [0.2, 0.25) is 0 Å². The van der Waals surface area contributed by atoms with E-state index in [4.69, 9.17) is 0 Å². The van der Waals surface area contributed by atoms with Crippen LogP contribution in [0.3, 0.4) is 0 Å². The van der Waals surface area contributed by atoms with E-state index in [1.165, 1.54) is 6.20 Å². The van der Waals surface area contributed by atoms with Crippen molar-refractivity contribution >= 4 is 11.7 Å². The average molecular weight is 214 g/mol. The zero-order valence-corrected chi connectivity index (χ0v) is 8.59. The van der Waals surface area contributed by atoms with Crippen molar-refractivity contribution in [1.82, 2.24) is 0 Å². The lowest BCUT2D eigenvalue weighted by molar-refractivity contribution is -0.120. The minimum absolute atomic E-state index is 0.0935. The highest BCUT2D eigenvalue weighted by atomic mass is 16.2. The predicted molar refractivity (Wildman–Crippen MR) is 57.7 cm³/mol. The average Bonchev–Trinajstić information content (AvgIpc) is 2.74. The first-order valence-corrected chi connectivity index (χ1v) is 5.00. The van der Waals surface area contributed by atoms with Crippen molar-refractivity contribution in [2.24, 2.45) is 10.2 Å². The number of ketones is 1. The smallest absolute Gasteiger partial charge is 0.294 e. The Hall–Kier alpha value is -2.10. The van der Waals surface area contributed by atoms with Crippen LogP contribution in [0.1, 0.15) is 12.0 Å². The largest absolute Gasteiger partial charge is 0.300 e. The number of Topliss-reactive ketones (excluding diaryl/α,β-unsaturated/α-hetero) is 1. The molecule has 0 radical (unpaired) electrons. The molecule has 0 saturated carbocycles. The van der Waals surface area contributed by atoms with Crippen LogP contribution in [0, 0.1) is 0 Å². The fourth-order valence-corrected chi connectivity index (χ4v) is 1.48. The second kappa shape index (κ2) is 4.61. The lowest BCUT2D eigenvalue weighted by Gasteiger charge is -1.99. The summed E-state index contributed by atoms with van der Waals surface area (Å²) in [7, 11) is 0. The monoisotopic (exact) mass is 214 g/mol. The molecule has 0 bridgehead atoms. The lowest BCUT2D eigenvalue weighted by atomic mass is 10.0. The van der Waals surface area contributed by atoms with Crippen LogP contribution in [-0.2, 0) is 16.0 Å². The third-order valence-electron chi connectivity index (χ3n) is 2.35. The third-order valence-corrected chi connectivity index (χ3v) is 2.35. The van der Waals surface area contributed by atoms with E-state index >= 15 is 0 Å². The summed E-state index contributed by atoms with van der Waals surface area (Å²) in [6.45, 7) is 0. The van der Waals surface area contributed by atoms with Crippen molar-refractivity contribution in [3.05, 3.63) is 47.7 Å². The lowest BCUT2D eigenvalue weighted by Crippen LogP contribution is -2.09. The molecule has 0 fully saturated rings. The summed E-state index contributed by atoms with van der Waals surface area (Å²) < 4.78 is 0. The Morgan fingerprint density at radius 2 is 1.94 bits per heavy atom. The Labute approximate surface area is 92.7 Å². The van der Waals surface area contributed by atoms with Gasteiger partial charge in [-0.05, 0) is 12.0 Å². The van der Waals surface area contributed by atoms with Gasteiger partial charge in [0, 0.05) is 6.42 Å². The molecule has 0 unspecified atom stereocenters. The van der Waals surface area contributed by atoms with Crippen molar-refractivity contribution < 1.29 is 9.59 Å². The van der Waals surface area contributed by atoms with Crippen molar-refractivity contribution in [3.8, 4) is 0 Å². The van der Waals surface area contributed by atoms with E-state index in [1.54, 1.807) is 0 Å². The molecule has 4 heteroatoms. The highest BCUT2D eigenvalue weighted by molar-refractivity contribution is 6.20. The van der Waals surface area contributed by atoms with Gasteiger partial charge in [-0.1, -0.05) is 30.3 Å². The van der Waals surface area contributed by atoms with Crippen LogP contribution in [0.4, 0.5) is 0 Å². The first-order valence-electron chi connectivity index (χ1n) is 5.00. The van der Waals surface area contributed by atoms with Crippen LogP contribution >= 0.6 is 0 Å². The molecule has 0 spiro atoms. The van der Waals surface area contributed by atoms with Crippen molar-refractivity contribution in [2.75, 3.05) is 0 Å². The van der Waals surface area contributed by atoms with Gasteiger partial charge in [0.15, 0.2) is 5.78 Å². The topological polar surface area (TPSA) is 58.9 Å². The summed E-state index contributed by atoms with van der Waals surface area (Å²) in [5.74, 6) is -0.725. The molecule has 1 aliphatic heterocycles. The van der Waals surface area contributed by atoms with E-state index in [0.717, 1.165) is 5.56 Å². The summed E-state index contributed by atoms with van der Waals surface area (Å²) in [6.07, 6.45) is 2.17. The summed E-state index contributed by atoms with van der Waals surface area (Å²) >= 11 is 0. The van der Waals surface area contributed by atoms with Gasteiger partial charge in [0.25, 0.3) is 0 Å². The van der Waals surface area contributed by atoms with Gasteiger partial charge in [0.1, 0.15) is 5.57 Å². The Morgan fingerprint density at radius 1 is 1.19 bits per heavy atom. The van der Waals surface area contributed by atoms with Crippen LogP contribution < -0.4 is 0 Å². The standard InChI is InChI=1S/C12H10N2O2/c15-11(10-8-13-14-12(10)16)7-6-9-4-2-1-3-5-9/h1-5,8H,6-7H2. The number of amides is 1. The van der Waals surface area contributed by atoms with Crippen molar-refractivity contribution in [1.29, 1.82) is 0 Å². The van der Waals surface area contributed by atoms with Gasteiger partial charge in [-0.2, -0.15) is 5.11 Å². The molecule has 80 valence electrons. The first kappa shape index (κ1) is 10.4. The highest BCUT2D eigenvalue weighted by Crippen LogP contribution is 2.12. The van der Waals surface area contributed by atoms with Gasteiger partial charge < -0.3 is 0 Å². The molecule has 0 aromatic heterocycles. The fraction of sp³-hybridized carbons (Fsp3) is 0.167. The molecule has 0 aliphatic carbocycles. The van der Waals surface area contributed by atoms with E-state index in [0.29, 0.717) is 12.8 Å². The zero-order chi connectivity index (χ0) is 11.4. The Bertz CT molecular complexity index is 475. The fourth-order valence-electron chi connectivity index (χ4n) is 1.48. The van der Waals surface area contributed by atoms with E-state index < -0.39 is 5.91 Å². The van der Waals surface area contributed by atoms with Crippen LogP contribution in [0.25, 0.3) is 0 Å². The van der Waals surface area contributed by atoms with Gasteiger partial charge >= 0.3 is 5.91 Å². The summed E-state index contributed by atoms with van der Waals surface area (Å²) in [5, 5.41) is 6.68. The molecule has 1 heterocycles. The molecule has 0 atom stereocenters. The van der Waals surface area contributed by atoms with Crippen LogP contribution in [-0.4, -0.2) is 11.7 Å². The SMILES string of the molecule is O=C(CCc1ccccc1)C1=CN=NC1=O. The number of carbonyl (C=O) groups is 2. The van der Waals surface area contributed by atoms with Gasteiger partial charge in [-0.3, -0.25) is 9.59 Å². The molecule has 1 aliphatic rings. The Morgan fingerprint density at radius 3 is 2.56 bits per heavy atom. The normalized spacial score (nSPS) is 14.0. The first-order chi connectivity index (χ1) is 7.77. The van der Waals surface area contributed by atoms with Crippen LogP contribution in [0.2, 0.25) is 0 Å². The van der Waals surface area contributed by atoms with Crippen LogP contribution in [0.15, 0.2) is 52.3 Å². The van der Waals surface area contributed by atoms with Crippen LogP contribution in [0.5, 0.6) is 0 Å². The van der Waals surface area contributed by atoms with Gasteiger partial charge in [0.05, 0.1) is 6.20 Å². The van der Waals surface area contributed by atoms with Gasteiger partial charge in [-0.25, -0.2) is 0 Å². The maximum atomic E-state index is 11.6. The van der Waals surface area contributed by atoms with E-state index in [-0.39, 0.29) is 11.4 Å². The minimum Gasteiger partial charge on any atom is -0.294 e. The molecule has 1 aromatic rings. The predicted octanol–water partition coefficient (Wildman–Crippen LogP) is 2.06. The molecule has 1 amide bonds. The molecule has 16 heavy (non-hydrogen) atoms. The second-order valence-corrected chi connectivity index (χ2v) is 3.47. The molecule has 1 aromatic carbocycles. The Balaban J connectivity index is 1.92. The molecular weight excluding hydrogens is 204 g/mol. The van der Waals surface area contributed by atoms with Gasteiger partial charge in [-0.15, -0.1) is 5.11 Å². The summed E-state index contributed by atoms with van der Waals surface area (Å²) in [5.41, 5.74) is 1.17. The molecule has 4 nitrogen and oxygen atoms in total. The number of aryl methyl sites for hydroxylation is 1. The molecule has 0 saturated heterocycles. The molecule has 2 rings (SSSR count). The second-order valence-electron chi connectivity index (χ2n) is 3.47. The number of azo groups is 1. The number of hydrogen-bond donors (Lipinski definition) is 0. The van der Waals surface area contributed by atoms with Crippen molar-refractivity contribution in [3.63, 3.8) is 0 Å². The third kappa shape index (κ3) is 2.28. The molecular formula is C12H10N2O2. The maximum Gasteiger partial charge on any atom is 0.300 e. The Kier molecular flexibility index (Phi) is 3.00. The number of benzene rings is 1. The summed E-state index contributed by atoms with van der Waals surface area (Å²) in [4.78, 5) is 22.7. The van der Waals surface area contributed by atoms with E-state index in [2.05, 4.69) is 10.2 Å². The zero-order valence-electron chi connectivity index (χ0n) is 8.59. The molecule has 0 N–H and O–H groups in total. The number of nitrogens with zero attached hydrogens (tertiary/aromatic N) is 2. The number of carbonyl (C=O) groups excluding carboxylic acids is 2. The number of hydrogen-bond acceptors (Lipinski definition) is 3. The maximum absolute atomic E-state index is 11.6. The quantitative estimate of drug-likeness (QED) is 0.720. The minimum atomic E-state index is -0.530. The van der Waals surface area contributed by atoms with E-state index in [9.17, 15) is 9.59 Å². The van der Waals surface area contributed by atoms with Crippen molar-refractivity contribution in [2.45, 2.75) is 12.8 Å². The van der Waals surface area contributed by atoms with E-state index in [1.807, 2.05) is 30.3 Å². The summed E-state index contributed by atoms with van der Waals surface area (Å²) in [6, 6.07) is 9.67.